The lowest BCUT2D eigenvalue weighted by Gasteiger charge is -2.31. The first-order valence-corrected chi connectivity index (χ1v) is 12.3. The molecule has 1 atom stereocenters. The van der Waals surface area contributed by atoms with Crippen molar-refractivity contribution in [2.75, 3.05) is 37.6 Å². The molecule has 0 radical (unpaired) electrons. The molecule has 6 nitrogen and oxygen atoms in total. The van der Waals surface area contributed by atoms with E-state index in [2.05, 4.69) is 28.4 Å². The Morgan fingerprint density at radius 2 is 1.87 bits per heavy atom. The number of amides is 1. The van der Waals surface area contributed by atoms with E-state index in [9.17, 15) is 17.6 Å². The van der Waals surface area contributed by atoms with Crippen molar-refractivity contribution in [3.63, 3.8) is 0 Å². The summed E-state index contributed by atoms with van der Waals surface area (Å²) in [5.41, 5.74) is 2.65. The number of hydrogen-bond donors (Lipinski definition) is 1. The van der Waals surface area contributed by atoms with Crippen LogP contribution in [0.1, 0.15) is 24.8 Å². The van der Waals surface area contributed by atoms with Crippen molar-refractivity contribution in [3.8, 4) is 0 Å². The minimum Gasteiger partial charge on any atom is -0.371 e. The van der Waals surface area contributed by atoms with Crippen LogP contribution in [0.25, 0.3) is 0 Å². The van der Waals surface area contributed by atoms with Crippen molar-refractivity contribution in [3.05, 3.63) is 59.9 Å². The van der Waals surface area contributed by atoms with E-state index in [-0.39, 0.29) is 23.3 Å². The number of benzene rings is 2. The molecule has 31 heavy (non-hydrogen) atoms. The molecule has 2 aromatic rings. The number of anilines is 1. The number of para-hydroxylation sites is 1. The summed E-state index contributed by atoms with van der Waals surface area (Å²) in [6.45, 7) is 2.99. The van der Waals surface area contributed by atoms with Gasteiger partial charge in [0, 0.05) is 38.4 Å². The Kier molecular flexibility index (Phi) is 6.57. The molecule has 1 saturated heterocycles. The fourth-order valence-electron chi connectivity index (χ4n) is 4.40. The van der Waals surface area contributed by atoms with Crippen molar-refractivity contribution in [1.29, 1.82) is 0 Å². The van der Waals surface area contributed by atoms with E-state index in [4.69, 9.17) is 0 Å². The predicted octanol–water partition coefficient (Wildman–Crippen LogP) is 2.80. The minimum absolute atomic E-state index is 0.0563. The normalized spacial score (nSPS) is 19.3. The maximum absolute atomic E-state index is 13.1. The van der Waals surface area contributed by atoms with Gasteiger partial charge in [0.2, 0.25) is 15.9 Å². The average molecular weight is 446 g/mol. The van der Waals surface area contributed by atoms with Gasteiger partial charge in [0.15, 0.2) is 0 Å². The Bertz CT molecular complexity index is 1030. The van der Waals surface area contributed by atoms with Crippen LogP contribution < -0.4 is 10.2 Å². The second-order valence-electron chi connectivity index (χ2n) is 8.17. The number of fused-ring (bicyclic) bond motifs is 1. The highest BCUT2D eigenvalue weighted by atomic mass is 32.2. The summed E-state index contributed by atoms with van der Waals surface area (Å²) in [5, 5.41) is 2.98. The number of carbonyl (C=O) groups excluding carboxylic acids is 1. The smallest absolute Gasteiger partial charge is 0.243 e. The molecule has 0 bridgehead atoms. The molecule has 2 aliphatic rings. The highest BCUT2D eigenvalue weighted by Gasteiger charge is 2.33. The number of rotatable bonds is 7. The van der Waals surface area contributed by atoms with Crippen LogP contribution in [0, 0.1) is 11.7 Å². The van der Waals surface area contributed by atoms with Gasteiger partial charge >= 0.3 is 0 Å². The monoisotopic (exact) mass is 445 g/mol. The quantitative estimate of drug-likeness (QED) is 0.666. The molecule has 4 rings (SSSR count). The molecule has 0 saturated carbocycles. The highest BCUT2D eigenvalue weighted by Crippen LogP contribution is 2.27. The fraction of sp³-hybridized carbons (Fsp3) is 0.435. The molecular formula is C23H28FN3O3S. The first-order chi connectivity index (χ1) is 14.9. The van der Waals surface area contributed by atoms with Crippen LogP contribution in [0.2, 0.25) is 0 Å². The van der Waals surface area contributed by atoms with Crippen molar-refractivity contribution in [2.24, 2.45) is 5.92 Å². The van der Waals surface area contributed by atoms with Crippen LogP contribution in [0.4, 0.5) is 10.1 Å². The number of hydrogen-bond acceptors (Lipinski definition) is 4. The summed E-state index contributed by atoms with van der Waals surface area (Å²) in [4.78, 5) is 15.1. The zero-order valence-electron chi connectivity index (χ0n) is 17.5. The molecule has 0 aliphatic carbocycles. The summed E-state index contributed by atoms with van der Waals surface area (Å²) in [5.74, 6) is -0.940. The van der Waals surface area contributed by atoms with Gasteiger partial charge in [-0.1, -0.05) is 18.2 Å². The molecule has 0 aromatic heterocycles. The van der Waals surface area contributed by atoms with E-state index in [1.165, 1.54) is 27.7 Å². The maximum Gasteiger partial charge on any atom is 0.243 e. The number of sulfonamides is 1. The summed E-state index contributed by atoms with van der Waals surface area (Å²) in [7, 11) is -3.73. The van der Waals surface area contributed by atoms with E-state index in [0.717, 1.165) is 38.1 Å². The largest absolute Gasteiger partial charge is 0.371 e. The fourth-order valence-corrected chi connectivity index (χ4v) is 5.92. The molecular weight excluding hydrogens is 417 g/mol. The number of halogens is 1. The van der Waals surface area contributed by atoms with Crippen molar-refractivity contribution in [1.82, 2.24) is 9.62 Å². The lowest BCUT2D eigenvalue weighted by atomic mass is 9.99. The van der Waals surface area contributed by atoms with Gasteiger partial charge < -0.3 is 10.2 Å². The van der Waals surface area contributed by atoms with E-state index in [1.807, 2.05) is 6.07 Å². The number of piperidine rings is 1. The second kappa shape index (κ2) is 9.36. The number of nitrogens with zero attached hydrogens (tertiary/aromatic N) is 2. The summed E-state index contributed by atoms with van der Waals surface area (Å²) in [6.07, 6.45) is 3.19. The van der Waals surface area contributed by atoms with Gasteiger partial charge in [0.1, 0.15) is 5.82 Å². The zero-order valence-corrected chi connectivity index (χ0v) is 18.3. The zero-order chi connectivity index (χ0) is 21.8. The van der Waals surface area contributed by atoms with Crippen molar-refractivity contribution >= 4 is 21.6 Å². The topological polar surface area (TPSA) is 69.7 Å². The molecule has 166 valence electrons. The molecule has 1 fully saturated rings. The number of nitrogens with one attached hydrogen (secondary N) is 1. The van der Waals surface area contributed by atoms with Gasteiger partial charge in [0.25, 0.3) is 0 Å². The summed E-state index contributed by atoms with van der Waals surface area (Å²) < 4.78 is 40.2. The van der Waals surface area contributed by atoms with E-state index >= 15 is 0 Å². The molecule has 2 aromatic carbocycles. The van der Waals surface area contributed by atoms with E-state index in [0.29, 0.717) is 25.9 Å². The third-order valence-corrected chi connectivity index (χ3v) is 7.97. The third-order valence-electron chi connectivity index (χ3n) is 6.09. The first kappa shape index (κ1) is 21.8. The molecule has 2 aliphatic heterocycles. The SMILES string of the molecule is O=C(NCCCN1CCc2ccccc21)[C@H]1CCCN(S(=O)(=O)c2ccc(F)cc2)C1. The Morgan fingerprint density at radius 1 is 1.10 bits per heavy atom. The van der Waals surface area contributed by atoms with Gasteiger partial charge in [-0.3, -0.25) is 4.79 Å². The van der Waals surface area contributed by atoms with E-state index in [1.54, 1.807) is 0 Å². The van der Waals surface area contributed by atoms with Gasteiger partial charge in [-0.05, 0) is 61.6 Å². The molecule has 1 amide bonds. The Morgan fingerprint density at radius 3 is 2.68 bits per heavy atom. The molecule has 2 heterocycles. The van der Waals surface area contributed by atoms with Gasteiger partial charge in [0.05, 0.1) is 10.8 Å². The summed E-state index contributed by atoms with van der Waals surface area (Å²) in [6, 6.07) is 13.2. The van der Waals surface area contributed by atoms with Crippen LogP contribution in [-0.2, 0) is 21.2 Å². The van der Waals surface area contributed by atoms with Gasteiger partial charge in [-0.25, -0.2) is 12.8 Å². The van der Waals surface area contributed by atoms with E-state index < -0.39 is 15.8 Å². The highest BCUT2D eigenvalue weighted by molar-refractivity contribution is 7.89. The van der Waals surface area contributed by atoms with Crippen molar-refractivity contribution in [2.45, 2.75) is 30.6 Å². The Balaban J connectivity index is 1.27. The van der Waals surface area contributed by atoms with Crippen LogP contribution >= 0.6 is 0 Å². The van der Waals surface area contributed by atoms with Crippen LogP contribution in [0.3, 0.4) is 0 Å². The summed E-state index contributed by atoms with van der Waals surface area (Å²) >= 11 is 0. The van der Waals surface area contributed by atoms with Crippen LogP contribution in [-0.4, -0.2) is 51.4 Å². The first-order valence-electron chi connectivity index (χ1n) is 10.8. The Hall–Kier alpha value is -2.45. The second-order valence-corrected chi connectivity index (χ2v) is 10.1. The van der Waals surface area contributed by atoms with Gasteiger partial charge in [-0.2, -0.15) is 4.31 Å². The average Bonchev–Trinajstić information content (AvgIpc) is 3.20. The van der Waals surface area contributed by atoms with Crippen LogP contribution in [0.5, 0.6) is 0 Å². The third kappa shape index (κ3) is 4.91. The number of carbonyl (C=O) groups is 1. The predicted molar refractivity (Wildman–Crippen MR) is 118 cm³/mol. The van der Waals surface area contributed by atoms with Crippen LogP contribution in [0.15, 0.2) is 53.4 Å². The maximum atomic E-state index is 13.1. The lowest BCUT2D eigenvalue weighted by molar-refractivity contribution is -0.126. The molecule has 0 unspecified atom stereocenters. The lowest BCUT2D eigenvalue weighted by Crippen LogP contribution is -2.45. The molecule has 0 spiro atoms. The Labute approximate surface area is 183 Å². The van der Waals surface area contributed by atoms with Crippen molar-refractivity contribution < 1.29 is 17.6 Å². The molecule has 8 heteroatoms. The standard InChI is InChI=1S/C23H28FN3O3S/c24-20-8-10-21(11-9-20)31(29,30)27-15-3-6-19(17-27)23(28)25-13-4-14-26-16-12-18-5-1-2-7-22(18)26/h1-2,5,7-11,19H,3-4,6,12-17H2,(H,25,28)/t19-/m0/s1. The molecule has 1 N–H and O–H groups in total. The minimum atomic E-state index is -3.73. The van der Waals surface area contributed by atoms with Gasteiger partial charge in [-0.15, -0.1) is 0 Å².